The van der Waals surface area contributed by atoms with Gasteiger partial charge in [0.2, 0.25) is 0 Å². The molecule has 1 saturated heterocycles. The molecule has 0 radical (unpaired) electrons. The fraction of sp³-hybridized carbons (Fsp3) is 0.435. The maximum Gasteiger partial charge on any atom is 0.306 e. The second-order valence-electron chi connectivity index (χ2n) is 9.07. The lowest BCUT2D eigenvalue weighted by Crippen LogP contribution is -2.61. The SMILES string of the molecule is CC1(Oc2ccc(-c3nc4nc(O[C@H]5CC[C@H](C(=O)O)CC5)[nH]c4cc3Cl)cc2N)CNC1. The van der Waals surface area contributed by atoms with Crippen LogP contribution in [0.3, 0.4) is 0 Å². The van der Waals surface area contributed by atoms with Crippen molar-refractivity contribution in [2.24, 2.45) is 5.92 Å². The van der Waals surface area contributed by atoms with Crippen molar-refractivity contribution >= 4 is 34.4 Å². The van der Waals surface area contributed by atoms with E-state index in [9.17, 15) is 4.79 Å². The van der Waals surface area contributed by atoms with Crippen molar-refractivity contribution in [3.8, 4) is 23.0 Å². The molecule has 3 heterocycles. The number of aliphatic carboxylic acids is 1. The maximum atomic E-state index is 11.1. The summed E-state index contributed by atoms with van der Waals surface area (Å²) in [5.41, 5.74) is 9.00. The smallest absolute Gasteiger partial charge is 0.306 e. The van der Waals surface area contributed by atoms with Crippen LogP contribution in [0.5, 0.6) is 11.8 Å². The fourth-order valence-corrected chi connectivity index (χ4v) is 4.60. The molecule has 1 saturated carbocycles. The summed E-state index contributed by atoms with van der Waals surface area (Å²) in [5.74, 6) is -0.396. The Labute approximate surface area is 195 Å². The van der Waals surface area contributed by atoms with Crippen molar-refractivity contribution in [3.63, 3.8) is 0 Å². The first-order valence-electron chi connectivity index (χ1n) is 11.0. The van der Waals surface area contributed by atoms with Crippen LogP contribution >= 0.6 is 11.6 Å². The van der Waals surface area contributed by atoms with Gasteiger partial charge in [-0.3, -0.25) is 4.79 Å². The molecule has 9 nitrogen and oxygen atoms in total. The molecule has 2 aliphatic rings. The molecule has 2 fully saturated rings. The number of benzene rings is 1. The third kappa shape index (κ3) is 4.43. The number of ether oxygens (including phenoxy) is 2. The number of aromatic nitrogens is 3. The molecule has 33 heavy (non-hydrogen) atoms. The Kier molecular flexibility index (Phi) is 5.54. The maximum absolute atomic E-state index is 11.1. The van der Waals surface area contributed by atoms with Gasteiger partial charge in [0, 0.05) is 18.7 Å². The molecule has 1 aliphatic heterocycles. The van der Waals surface area contributed by atoms with Crippen molar-refractivity contribution in [1.82, 2.24) is 20.3 Å². The molecular formula is C23H26ClN5O4. The number of carboxylic acids is 1. The number of hydrogen-bond donors (Lipinski definition) is 4. The zero-order valence-electron chi connectivity index (χ0n) is 18.2. The number of imidazole rings is 1. The molecule has 0 atom stereocenters. The number of fused-ring (bicyclic) bond motifs is 1. The Morgan fingerprint density at radius 3 is 2.61 bits per heavy atom. The largest absolute Gasteiger partial charge is 0.483 e. The lowest BCUT2D eigenvalue weighted by atomic mass is 9.87. The van der Waals surface area contributed by atoms with E-state index < -0.39 is 5.97 Å². The van der Waals surface area contributed by atoms with Gasteiger partial charge < -0.3 is 30.6 Å². The fourth-order valence-electron chi connectivity index (χ4n) is 4.34. The predicted molar refractivity (Wildman–Crippen MR) is 125 cm³/mol. The first-order valence-corrected chi connectivity index (χ1v) is 11.4. The van der Waals surface area contributed by atoms with Crippen LogP contribution in [0.25, 0.3) is 22.4 Å². The number of aromatic amines is 1. The van der Waals surface area contributed by atoms with Gasteiger partial charge in [0.1, 0.15) is 17.5 Å². The van der Waals surface area contributed by atoms with E-state index >= 15 is 0 Å². The van der Waals surface area contributed by atoms with Gasteiger partial charge in [-0.1, -0.05) is 11.6 Å². The number of H-pyrrole nitrogens is 1. The number of nitrogens with one attached hydrogen (secondary N) is 2. The number of carboxylic acid groups (broad SMARTS) is 1. The van der Waals surface area contributed by atoms with Gasteiger partial charge in [0.25, 0.3) is 6.01 Å². The highest BCUT2D eigenvalue weighted by Gasteiger charge is 2.34. The summed E-state index contributed by atoms with van der Waals surface area (Å²) in [6.07, 6.45) is 2.49. The van der Waals surface area contributed by atoms with Gasteiger partial charge in [0.15, 0.2) is 5.65 Å². The quantitative estimate of drug-likeness (QED) is 0.400. The summed E-state index contributed by atoms with van der Waals surface area (Å²) in [6, 6.07) is 7.64. The van der Waals surface area contributed by atoms with Crippen LogP contribution in [-0.4, -0.2) is 50.8 Å². The summed E-state index contributed by atoms with van der Waals surface area (Å²) < 4.78 is 12.0. The van der Waals surface area contributed by atoms with E-state index in [1.165, 1.54) is 0 Å². The van der Waals surface area contributed by atoms with Crippen LogP contribution in [0.4, 0.5) is 5.69 Å². The summed E-state index contributed by atoms with van der Waals surface area (Å²) in [4.78, 5) is 23.3. The third-order valence-electron chi connectivity index (χ3n) is 6.34. The van der Waals surface area contributed by atoms with Crippen LogP contribution in [-0.2, 0) is 4.79 Å². The zero-order valence-corrected chi connectivity index (χ0v) is 19.0. The number of pyridine rings is 1. The minimum atomic E-state index is -0.738. The van der Waals surface area contributed by atoms with Gasteiger partial charge in [-0.05, 0) is 56.9 Å². The Morgan fingerprint density at radius 2 is 1.97 bits per heavy atom. The Hall–Kier alpha value is -3.04. The van der Waals surface area contributed by atoms with Crippen molar-refractivity contribution in [2.45, 2.75) is 44.3 Å². The zero-order chi connectivity index (χ0) is 23.2. The molecule has 1 aromatic carbocycles. The van der Waals surface area contributed by atoms with Crippen molar-refractivity contribution in [1.29, 1.82) is 0 Å². The number of hydrogen-bond acceptors (Lipinski definition) is 7. The van der Waals surface area contributed by atoms with E-state index in [1.807, 2.05) is 19.1 Å². The van der Waals surface area contributed by atoms with Gasteiger partial charge >= 0.3 is 5.97 Å². The van der Waals surface area contributed by atoms with Crippen LogP contribution in [0, 0.1) is 5.92 Å². The third-order valence-corrected chi connectivity index (χ3v) is 6.63. The lowest BCUT2D eigenvalue weighted by Gasteiger charge is -2.39. The number of rotatable bonds is 6. The minimum Gasteiger partial charge on any atom is -0.483 e. The van der Waals surface area contributed by atoms with Crippen LogP contribution < -0.4 is 20.5 Å². The second kappa shape index (κ2) is 8.39. The van der Waals surface area contributed by atoms with E-state index in [-0.39, 0.29) is 17.6 Å². The Morgan fingerprint density at radius 1 is 1.21 bits per heavy atom. The second-order valence-corrected chi connectivity index (χ2v) is 9.48. The topological polar surface area (TPSA) is 135 Å². The average molecular weight is 472 g/mol. The van der Waals surface area contributed by atoms with Crippen molar-refractivity contribution < 1.29 is 19.4 Å². The summed E-state index contributed by atoms with van der Waals surface area (Å²) in [7, 11) is 0. The average Bonchev–Trinajstić information content (AvgIpc) is 3.14. The summed E-state index contributed by atoms with van der Waals surface area (Å²) >= 11 is 6.53. The summed E-state index contributed by atoms with van der Waals surface area (Å²) in [5, 5.41) is 12.8. The highest BCUT2D eigenvalue weighted by atomic mass is 35.5. The number of carbonyl (C=O) groups is 1. The Bertz CT molecular complexity index is 1200. The number of nitrogens with two attached hydrogens (primary N) is 1. The van der Waals surface area contributed by atoms with Gasteiger partial charge in [-0.25, -0.2) is 4.98 Å². The van der Waals surface area contributed by atoms with E-state index in [0.717, 1.165) is 18.7 Å². The first-order chi connectivity index (χ1) is 15.8. The van der Waals surface area contributed by atoms with Crippen molar-refractivity contribution in [3.05, 3.63) is 29.3 Å². The van der Waals surface area contributed by atoms with E-state index in [0.29, 0.717) is 65.0 Å². The molecule has 10 heteroatoms. The number of anilines is 1. The molecule has 2 aromatic heterocycles. The van der Waals surface area contributed by atoms with E-state index in [2.05, 4.69) is 20.3 Å². The molecule has 5 rings (SSSR count). The van der Waals surface area contributed by atoms with E-state index in [4.69, 9.17) is 31.9 Å². The number of nitrogen functional groups attached to an aromatic ring is 1. The van der Waals surface area contributed by atoms with Crippen molar-refractivity contribution in [2.75, 3.05) is 18.8 Å². The lowest BCUT2D eigenvalue weighted by molar-refractivity contribution is -0.143. The standard InChI is InChI=1S/C23H26ClN5O4/c1-23(10-26-11-23)33-18-7-4-13(8-16(18)25)19-15(24)9-17-20(28-19)29-22(27-17)32-14-5-2-12(3-6-14)21(30)31/h4,7-9,12,14,26H,2-3,5-6,10-11,25H2,1H3,(H,30,31)(H,27,28,29)/t12-,14-. The molecule has 0 amide bonds. The first kappa shape index (κ1) is 21.8. The molecule has 0 spiro atoms. The number of nitrogens with zero attached hydrogens (tertiary/aromatic N) is 2. The van der Waals surface area contributed by atoms with Gasteiger partial charge in [-0.15, -0.1) is 0 Å². The van der Waals surface area contributed by atoms with Crippen LogP contribution in [0.1, 0.15) is 32.6 Å². The Balaban J connectivity index is 1.34. The highest BCUT2D eigenvalue weighted by Crippen LogP contribution is 2.35. The molecule has 174 valence electrons. The number of halogens is 1. The monoisotopic (exact) mass is 471 g/mol. The molecule has 0 bridgehead atoms. The highest BCUT2D eigenvalue weighted by molar-refractivity contribution is 6.33. The molecular weight excluding hydrogens is 446 g/mol. The van der Waals surface area contributed by atoms with Gasteiger partial charge in [-0.2, -0.15) is 4.98 Å². The molecule has 5 N–H and O–H groups in total. The molecule has 0 unspecified atom stereocenters. The van der Waals surface area contributed by atoms with Gasteiger partial charge in [0.05, 0.1) is 27.8 Å². The summed E-state index contributed by atoms with van der Waals surface area (Å²) in [6.45, 7) is 3.60. The molecule has 1 aliphatic carbocycles. The minimum absolute atomic E-state index is 0.0730. The normalized spacial score (nSPS) is 22.0. The predicted octanol–water partition coefficient (Wildman–Crippen LogP) is 3.62. The molecule has 3 aromatic rings. The van der Waals surface area contributed by atoms with E-state index in [1.54, 1.807) is 12.1 Å². The van der Waals surface area contributed by atoms with Crippen LogP contribution in [0.15, 0.2) is 24.3 Å². The van der Waals surface area contributed by atoms with Crippen LogP contribution in [0.2, 0.25) is 5.02 Å².